The highest BCUT2D eigenvalue weighted by Gasteiger charge is 2.45. The van der Waals surface area contributed by atoms with Crippen molar-refractivity contribution in [2.24, 2.45) is 4.99 Å². The zero-order valence-corrected chi connectivity index (χ0v) is 15.5. The van der Waals surface area contributed by atoms with Crippen LogP contribution < -0.4 is 0 Å². The minimum atomic E-state index is -1.35. The molecule has 138 valence electrons. The van der Waals surface area contributed by atoms with Crippen LogP contribution in [0.4, 0.5) is 4.79 Å². The van der Waals surface area contributed by atoms with E-state index in [0.717, 1.165) is 6.42 Å². The van der Waals surface area contributed by atoms with Gasteiger partial charge in [-0.15, -0.1) is 0 Å². The number of hydrogen-bond acceptors (Lipinski definition) is 5. The predicted molar refractivity (Wildman–Crippen MR) is 95.1 cm³/mol. The molecule has 0 aromatic carbocycles. The van der Waals surface area contributed by atoms with E-state index in [1.54, 1.807) is 6.92 Å². The molecule has 1 N–H and O–H groups in total. The van der Waals surface area contributed by atoms with E-state index >= 15 is 0 Å². The number of methoxy groups -OCH3 is 1. The maximum absolute atomic E-state index is 12.6. The number of ether oxygens (including phenoxy) is 2. The minimum Gasteiger partial charge on any atom is -0.506 e. The second-order valence-electron chi connectivity index (χ2n) is 6.08. The van der Waals surface area contributed by atoms with Gasteiger partial charge in [0.15, 0.2) is 5.72 Å². The Labute approximate surface area is 152 Å². The molecule has 2 amide bonds. The molecule has 0 radical (unpaired) electrons. The fourth-order valence-corrected chi connectivity index (χ4v) is 3.37. The molecular formula is C17H24ClN3O4. The maximum atomic E-state index is 12.6. The van der Waals surface area contributed by atoms with E-state index in [2.05, 4.69) is 16.7 Å². The third-order valence-electron chi connectivity index (χ3n) is 4.64. The fourth-order valence-electron chi connectivity index (χ4n) is 3.22. The molecule has 8 heteroatoms. The van der Waals surface area contributed by atoms with Gasteiger partial charge in [0.05, 0.1) is 6.10 Å². The van der Waals surface area contributed by atoms with Crippen LogP contribution in [0, 0.1) is 0 Å². The number of carbonyl (C=O) groups excluding carboxylic acids is 1. The number of urea groups is 1. The molecule has 1 saturated heterocycles. The Morgan fingerprint density at radius 3 is 2.96 bits per heavy atom. The molecule has 7 nitrogen and oxygen atoms in total. The van der Waals surface area contributed by atoms with Gasteiger partial charge in [-0.3, -0.25) is 4.90 Å². The summed E-state index contributed by atoms with van der Waals surface area (Å²) in [4.78, 5) is 21.9. The molecular weight excluding hydrogens is 346 g/mol. The topological polar surface area (TPSA) is 84.3 Å². The highest BCUT2D eigenvalue weighted by atomic mass is 35.5. The lowest BCUT2D eigenvalue weighted by Crippen LogP contribution is -2.55. The van der Waals surface area contributed by atoms with Crippen molar-refractivity contribution >= 4 is 24.3 Å². The standard InChI is InChI=1S/C17H24ClN3O4/c1-5-12-10-11(8-9-25-12)21(16(23)19-3)17(2,24-4)15-13(22)6-7-14(18)20-15/h6-7,11-12,22H,3,5,8-10H2,1-2,4H3/t11-,12-,17?/m0/s1. The summed E-state index contributed by atoms with van der Waals surface area (Å²) < 4.78 is 11.4. The van der Waals surface area contributed by atoms with E-state index in [4.69, 9.17) is 21.1 Å². The van der Waals surface area contributed by atoms with Crippen molar-refractivity contribution < 1.29 is 19.4 Å². The lowest BCUT2D eigenvalue weighted by atomic mass is 9.96. The van der Waals surface area contributed by atoms with Crippen molar-refractivity contribution in [2.45, 2.75) is 51.0 Å². The van der Waals surface area contributed by atoms with Gasteiger partial charge in [0.1, 0.15) is 16.6 Å². The van der Waals surface area contributed by atoms with E-state index in [1.807, 2.05) is 6.92 Å². The number of aromatic hydroxyl groups is 1. The van der Waals surface area contributed by atoms with Crippen LogP contribution in [0.5, 0.6) is 5.75 Å². The van der Waals surface area contributed by atoms with Crippen molar-refractivity contribution in [1.82, 2.24) is 9.88 Å². The molecule has 0 bridgehead atoms. The first kappa shape index (κ1) is 19.6. The molecule has 0 saturated carbocycles. The first-order valence-electron chi connectivity index (χ1n) is 8.20. The number of aromatic nitrogens is 1. The summed E-state index contributed by atoms with van der Waals surface area (Å²) in [6, 6.07) is 2.15. The van der Waals surface area contributed by atoms with Crippen LogP contribution in [-0.4, -0.2) is 53.6 Å². The highest BCUT2D eigenvalue weighted by Crippen LogP contribution is 2.38. The summed E-state index contributed by atoms with van der Waals surface area (Å²) in [6.07, 6.45) is 2.14. The Morgan fingerprint density at radius 1 is 1.64 bits per heavy atom. The quantitative estimate of drug-likeness (QED) is 0.489. The molecule has 1 aromatic rings. The Morgan fingerprint density at radius 2 is 2.36 bits per heavy atom. The molecule has 1 aliphatic heterocycles. The molecule has 2 rings (SSSR count). The third kappa shape index (κ3) is 3.94. The summed E-state index contributed by atoms with van der Waals surface area (Å²) in [5.74, 6) is -0.116. The van der Waals surface area contributed by atoms with Gasteiger partial charge in [0.25, 0.3) is 0 Å². The van der Waals surface area contributed by atoms with Crippen LogP contribution in [0.3, 0.4) is 0 Å². The number of halogens is 1. The van der Waals surface area contributed by atoms with Crippen LogP contribution in [0.15, 0.2) is 17.1 Å². The summed E-state index contributed by atoms with van der Waals surface area (Å²) in [5.41, 5.74) is -1.20. The Kier molecular flexibility index (Phi) is 6.37. The normalized spacial score (nSPS) is 22.9. The summed E-state index contributed by atoms with van der Waals surface area (Å²) in [7, 11) is 1.45. The number of nitrogens with zero attached hydrogens (tertiary/aromatic N) is 3. The predicted octanol–water partition coefficient (Wildman–Crippen LogP) is 3.34. The fraction of sp³-hybridized carbons (Fsp3) is 0.588. The molecule has 0 spiro atoms. The van der Waals surface area contributed by atoms with Gasteiger partial charge in [-0.25, -0.2) is 14.8 Å². The zero-order chi connectivity index (χ0) is 18.6. The Bertz CT molecular complexity index is 642. The van der Waals surface area contributed by atoms with E-state index in [-0.39, 0.29) is 28.7 Å². The molecule has 2 heterocycles. The van der Waals surface area contributed by atoms with Gasteiger partial charge in [0.2, 0.25) is 0 Å². The second kappa shape index (κ2) is 8.12. The van der Waals surface area contributed by atoms with Gasteiger partial charge in [-0.1, -0.05) is 18.5 Å². The number of rotatable bonds is 5. The SMILES string of the molecule is C=NC(=O)N([C@H]1CCO[C@@H](CC)C1)C(C)(OC)c1nc(Cl)ccc1O. The van der Waals surface area contributed by atoms with E-state index in [9.17, 15) is 9.90 Å². The van der Waals surface area contributed by atoms with Crippen molar-refractivity contribution in [2.75, 3.05) is 13.7 Å². The van der Waals surface area contributed by atoms with E-state index in [0.29, 0.717) is 19.4 Å². The van der Waals surface area contributed by atoms with Crippen LogP contribution >= 0.6 is 11.6 Å². The van der Waals surface area contributed by atoms with Crippen molar-refractivity contribution in [3.63, 3.8) is 0 Å². The monoisotopic (exact) mass is 369 g/mol. The maximum Gasteiger partial charge on any atom is 0.345 e. The van der Waals surface area contributed by atoms with Crippen molar-refractivity contribution in [1.29, 1.82) is 0 Å². The first-order chi connectivity index (χ1) is 11.9. The lowest BCUT2D eigenvalue weighted by molar-refractivity contribution is -0.143. The van der Waals surface area contributed by atoms with Crippen LogP contribution in [0.25, 0.3) is 0 Å². The zero-order valence-electron chi connectivity index (χ0n) is 14.7. The van der Waals surface area contributed by atoms with Gasteiger partial charge >= 0.3 is 6.03 Å². The second-order valence-corrected chi connectivity index (χ2v) is 6.47. The number of hydrogen-bond donors (Lipinski definition) is 1. The van der Waals surface area contributed by atoms with Crippen LogP contribution in [0.1, 0.15) is 38.8 Å². The smallest absolute Gasteiger partial charge is 0.345 e. The van der Waals surface area contributed by atoms with Gasteiger partial charge in [0, 0.05) is 19.8 Å². The molecule has 1 fully saturated rings. The molecule has 3 atom stereocenters. The Balaban J connectivity index is 2.51. The summed E-state index contributed by atoms with van der Waals surface area (Å²) in [5, 5.41) is 10.5. The summed E-state index contributed by atoms with van der Waals surface area (Å²) in [6.45, 7) is 7.58. The largest absolute Gasteiger partial charge is 0.506 e. The number of amides is 2. The van der Waals surface area contributed by atoms with Gasteiger partial charge in [-0.05, 0) is 45.0 Å². The summed E-state index contributed by atoms with van der Waals surface area (Å²) >= 11 is 5.99. The average molecular weight is 370 g/mol. The average Bonchev–Trinajstić information content (AvgIpc) is 2.63. The van der Waals surface area contributed by atoms with E-state index in [1.165, 1.54) is 24.1 Å². The minimum absolute atomic E-state index is 0.0425. The number of aliphatic imine (C=N–C) groups is 1. The van der Waals surface area contributed by atoms with Gasteiger partial charge in [-0.2, -0.15) is 0 Å². The number of carbonyl (C=O) groups is 1. The first-order valence-corrected chi connectivity index (χ1v) is 8.57. The molecule has 1 unspecified atom stereocenters. The molecule has 1 aliphatic rings. The lowest BCUT2D eigenvalue weighted by Gasteiger charge is -2.45. The molecule has 25 heavy (non-hydrogen) atoms. The van der Waals surface area contributed by atoms with Crippen molar-refractivity contribution in [3.05, 3.63) is 23.0 Å². The van der Waals surface area contributed by atoms with Crippen LogP contribution in [0.2, 0.25) is 5.15 Å². The Hall–Kier alpha value is -1.70. The molecule has 0 aliphatic carbocycles. The van der Waals surface area contributed by atoms with Crippen molar-refractivity contribution in [3.8, 4) is 5.75 Å². The highest BCUT2D eigenvalue weighted by molar-refractivity contribution is 6.29. The van der Waals surface area contributed by atoms with E-state index < -0.39 is 11.8 Å². The third-order valence-corrected chi connectivity index (χ3v) is 4.85. The van der Waals surface area contributed by atoms with Gasteiger partial charge < -0.3 is 14.6 Å². The number of pyridine rings is 1. The van der Waals surface area contributed by atoms with Crippen LogP contribution in [-0.2, 0) is 15.2 Å². The molecule has 1 aromatic heterocycles.